The second-order valence-corrected chi connectivity index (χ2v) is 8.66. The molecule has 2 aromatic heterocycles. The lowest BCUT2D eigenvalue weighted by molar-refractivity contribution is -0.116. The van der Waals surface area contributed by atoms with Gasteiger partial charge in [0.2, 0.25) is 5.91 Å². The molecule has 1 amide bonds. The topological polar surface area (TPSA) is 75.6 Å². The predicted molar refractivity (Wildman–Crippen MR) is 131 cm³/mol. The summed E-state index contributed by atoms with van der Waals surface area (Å²) in [5.74, 6) is 0.412. The number of nitrogens with one attached hydrogen (secondary N) is 2. The Morgan fingerprint density at radius 1 is 1.09 bits per heavy atom. The van der Waals surface area contributed by atoms with Gasteiger partial charge in [0.05, 0.1) is 5.69 Å². The third kappa shape index (κ3) is 3.98. The molecule has 2 heterocycles. The number of H-pyrrole nitrogens is 1. The molecule has 32 heavy (non-hydrogen) atoms. The zero-order chi connectivity index (χ0) is 22.1. The summed E-state index contributed by atoms with van der Waals surface area (Å²) >= 11 is 6.74. The van der Waals surface area contributed by atoms with Gasteiger partial charge in [0, 0.05) is 16.5 Å². The van der Waals surface area contributed by atoms with Crippen LogP contribution in [-0.2, 0) is 11.3 Å². The number of thiazole rings is 1. The molecule has 0 atom stereocenters. The molecule has 0 aliphatic rings. The van der Waals surface area contributed by atoms with Crippen LogP contribution in [0.2, 0.25) is 0 Å². The van der Waals surface area contributed by atoms with Gasteiger partial charge in [-0.15, -0.1) is 11.3 Å². The number of rotatable bonds is 5. The minimum atomic E-state index is -0.213. The standard InChI is InChI=1S/C24H19N5OS2/c1-15-9-11-17(12-10-15)22-27-28-24(31)29(22)13-21(30)26-23-25-20(14-32-23)19-8-4-6-16-5-2-3-7-18(16)19/h2-12,14H,13H2,1H3,(H,28,31)(H,25,26,30). The number of anilines is 1. The van der Waals surface area contributed by atoms with Crippen LogP contribution < -0.4 is 5.32 Å². The maximum Gasteiger partial charge on any atom is 0.246 e. The quantitative estimate of drug-likeness (QED) is 0.326. The number of hydrogen-bond donors (Lipinski definition) is 2. The third-order valence-corrected chi connectivity index (χ3v) is 6.26. The highest BCUT2D eigenvalue weighted by Crippen LogP contribution is 2.31. The normalized spacial score (nSPS) is 11.0. The molecule has 0 aliphatic heterocycles. The highest BCUT2D eigenvalue weighted by atomic mass is 32.1. The van der Waals surface area contributed by atoms with Crippen LogP contribution >= 0.6 is 23.6 Å². The first-order valence-electron chi connectivity index (χ1n) is 10.0. The summed E-state index contributed by atoms with van der Waals surface area (Å²) in [7, 11) is 0. The Morgan fingerprint density at radius 2 is 1.88 bits per heavy atom. The van der Waals surface area contributed by atoms with Crippen molar-refractivity contribution in [2.24, 2.45) is 0 Å². The molecule has 6 nitrogen and oxygen atoms in total. The number of carbonyl (C=O) groups is 1. The van der Waals surface area contributed by atoms with Gasteiger partial charge in [-0.3, -0.25) is 14.5 Å². The number of fused-ring (bicyclic) bond motifs is 1. The molecule has 0 saturated carbocycles. The molecule has 0 unspecified atom stereocenters. The largest absolute Gasteiger partial charge is 0.300 e. The number of hydrogen-bond acceptors (Lipinski definition) is 5. The van der Waals surface area contributed by atoms with Gasteiger partial charge in [0.1, 0.15) is 6.54 Å². The fourth-order valence-corrected chi connectivity index (χ4v) is 4.52. The summed E-state index contributed by atoms with van der Waals surface area (Å²) in [4.78, 5) is 17.4. The molecule has 0 saturated heterocycles. The van der Waals surface area contributed by atoms with E-state index in [9.17, 15) is 4.79 Å². The van der Waals surface area contributed by atoms with Gasteiger partial charge < -0.3 is 5.32 Å². The van der Waals surface area contributed by atoms with Gasteiger partial charge in [0.25, 0.3) is 0 Å². The average molecular weight is 458 g/mol. The lowest BCUT2D eigenvalue weighted by atomic mass is 10.0. The van der Waals surface area contributed by atoms with Crippen LogP contribution in [0.3, 0.4) is 0 Å². The van der Waals surface area contributed by atoms with Crippen LogP contribution in [0.25, 0.3) is 33.4 Å². The molecule has 0 spiro atoms. The highest BCUT2D eigenvalue weighted by molar-refractivity contribution is 7.71. The first kappa shape index (κ1) is 20.3. The maximum atomic E-state index is 12.8. The smallest absolute Gasteiger partial charge is 0.246 e. The van der Waals surface area contributed by atoms with Crippen molar-refractivity contribution < 1.29 is 4.79 Å². The van der Waals surface area contributed by atoms with Crippen molar-refractivity contribution in [3.05, 3.63) is 82.4 Å². The van der Waals surface area contributed by atoms with Crippen LogP contribution in [0.4, 0.5) is 5.13 Å². The summed E-state index contributed by atoms with van der Waals surface area (Å²) in [6.07, 6.45) is 0. The van der Waals surface area contributed by atoms with Crippen molar-refractivity contribution in [3.63, 3.8) is 0 Å². The molecular weight excluding hydrogens is 438 g/mol. The summed E-state index contributed by atoms with van der Waals surface area (Å²) in [6.45, 7) is 2.07. The minimum absolute atomic E-state index is 0.0434. The monoisotopic (exact) mass is 457 g/mol. The SMILES string of the molecule is Cc1ccc(-c2n[nH]c(=S)n2CC(=O)Nc2nc(-c3cccc4ccccc34)cs2)cc1. The molecule has 2 N–H and O–H groups in total. The van der Waals surface area contributed by atoms with Gasteiger partial charge >= 0.3 is 0 Å². The van der Waals surface area contributed by atoms with E-state index < -0.39 is 0 Å². The second-order valence-electron chi connectivity index (χ2n) is 7.42. The number of carbonyl (C=O) groups excluding carboxylic acids is 1. The van der Waals surface area contributed by atoms with Crippen molar-refractivity contribution in [2.45, 2.75) is 13.5 Å². The van der Waals surface area contributed by atoms with E-state index in [0.29, 0.717) is 15.7 Å². The van der Waals surface area contributed by atoms with Crippen LogP contribution in [0.5, 0.6) is 0 Å². The van der Waals surface area contributed by atoms with E-state index in [1.54, 1.807) is 4.57 Å². The Labute approximate surface area is 193 Å². The van der Waals surface area contributed by atoms with E-state index in [-0.39, 0.29) is 12.5 Å². The van der Waals surface area contributed by atoms with E-state index in [0.717, 1.165) is 33.2 Å². The fraction of sp³-hybridized carbons (Fsp3) is 0.0833. The summed E-state index contributed by atoms with van der Waals surface area (Å²) in [5, 5.41) is 14.8. The molecule has 0 radical (unpaired) electrons. The van der Waals surface area contributed by atoms with E-state index >= 15 is 0 Å². The summed E-state index contributed by atoms with van der Waals surface area (Å²) in [5.41, 5.74) is 3.92. The van der Waals surface area contributed by atoms with Gasteiger partial charge in [-0.05, 0) is 29.9 Å². The number of amides is 1. The number of aromatic nitrogens is 4. The molecule has 5 rings (SSSR count). The average Bonchev–Trinajstić information content (AvgIpc) is 3.41. The van der Waals surface area contributed by atoms with E-state index in [1.807, 2.05) is 60.8 Å². The lowest BCUT2D eigenvalue weighted by Gasteiger charge is -2.07. The van der Waals surface area contributed by atoms with Crippen molar-refractivity contribution in [3.8, 4) is 22.6 Å². The first-order chi connectivity index (χ1) is 15.6. The lowest BCUT2D eigenvalue weighted by Crippen LogP contribution is -2.19. The Balaban J connectivity index is 1.36. The molecule has 3 aromatic carbocycles. The number of benzene rings is 3. The zero-order valence-electron chi connectivity index (χ0n) is 17.2. The first-order valence-corrected chi connectivity index (χ1v) is 11.3. The van der Waals surface area contributed by atoms with Gasteiger partial charge in [-0.1, -0.05) is 72.3 Å². The summed E-state index contributed by atoms with van der Waals surface area (Å²) < 4.78 is 2.08. The van der Waals surface area contributed by atoms with Crippen molar-refractivity contribution in [2.75, 3.05) is 5.32 Å². The van der Waals surface area contributed by atoms with Crippen LogP contribution in [0.1, 0.15) is 5.56 Å². The van der Waals surface area contributed by atoms with Gasteiger partial charge in [-0.2, -0.15) is 5.10 Å². The second kappa shape index (κ2) is 8.49. The molecule has 0 bridgehead atoms. The van der Waals surface area contributed by atoms with Gasteiger partial charge in [0.15, 0.2) is 15.7 Å². The molecular formula is C24H19N5OS2. The maximum absolute atomic E-state index is 12.8. The number of aromatic amines is 1. The fourth-order valence-electron chi connectivity index (χ4n) is 3.59. The van der Waals surface area contributed by atoms with Crippen molar-refractivity contribution in [1.82, 2.24) is 19.7 Å². The Hall–Kier alpha value is -3.62. The molecule has 0 fully saturated rings. The Bertz CT molecular complexity index is 1480. The Morgan fingerprint density at radius 3 is 2.72 bits per heavy atom. The van der Waals surface area contributed by atoms with Gasteiger partial charge in [-0.25, -0.2) is 4.98 Å². The highest BCUT2D eigenvalue weighted by Gasteiger charge is 2.14. The van der Waals surface area contributed by atoms with E-state index in [2.05, 4.69) is 38.7 Å². The van der Waals surface area contributed by atoms with Crippen LogP contribution in [0.15, 0.2) is 72.1 Å². The van der Waals surface area contributed by atoms with Crippen LogP contribution in [0, 0.1) is 11.7 Å². The molecule has 8 heteroatoms. The number of nitrogens with zero attached hydrogens (tertiary/aromatic N) is 3. The van der Waals surface area contributed by atoms with E-state index in [1.165, 1.54) is 11.3 Å². The predicted octanol–water partition coefficient (Wildman–Crippen LogP) is 5.83. The van der Waals surface area contributed by atoms with E-state index in [4.69, 9.17) is 12.2 Å². The number of aryl methyl sites for hydroxylation is 1. The van der Waals surface area contributed by atoms with Crippen LogP contribution in [-0.4, -0.2) is 25.7 Å². The molecule has 158 valence electrons. The summed E-state index contributed by atoms with van der Waals surface area (Å²) in [6, 6.07) is 22.3. The van der Waals surface area contributed by atoms with Crippen molar-refractivity contribution >= 4 is 45.4 Å². The Kier molecular flexibility index (Phi) is 5.38. The third-order valence-electron chi connectivity index (χ3n) is 5.19. The molecule has 0 aliphatic carbocycles. The van der Waals surface area contributed by atoms with Crippen molar-refractivity contribution in [1.29, 1.82) is 0 Å². The minimum Gasteiger partial charge on any atom is -0.300 e. The zero-order valence-corrected chi connectivity index (χ0v) is 18.8. The molecule has 5 aromatic rings.